The lowest BCUT2D eigenvalue weighted by atomic mass is 10.1. The number of anilines is 3. The molecule has 6 nitrogen and oxygen atoms in total. The van der Waals surface area contributed by atoms with E-state index in [9.17, 15) is 9.18 Å². The van der Waals surface area contributed by atoms with Crippen LogP contribution in [0.15, 0.2) is 60.4 Å². The fourth-order valence-electron chi connectivity index (χ4n) is 2.86. The van der Waals surface area contributed by atoms with E-state index in [4.69, 9.17) is 0 Å². The van der Waals surface area contributed by atoms with Gasteiger partial charge in [0.15, 0.2) is 0 Å². The molecule has 1 aliphatic heterocycles. The molecule has 2 aromatic carbocycles. The van der Waals surface area contributed by atoms with Crippen molar-refractivity contribution >= 4 is 23.1 Å². The Morgan fingerprint density at radius 3 is 2.50 bits per heavy atom. The van der Waals surface area contributed by atoms with Crippen LogP contribution in [0, 0.1) is 11.7 Å². The van der Waals surface area contributed by atoms with Crippen molar-refractivity contribution in [3.63, 3.8) is 0 Å². The number of nitrogens with one attached hydrogen (secondary N) is 3. The van der Waals surface area contributed by atoms with Gasteiger partial charge in [-0.3, -0.25) is 10.0 Å². The maximum atomic E-state index is 13.2. The van der Waals surface area contributed by atoms with Gasteiger partial charge in [-0.1, -0.05) is 19.9 Å². The van der Waals surface area contributed by atoms with Crippen molar-refractivity contribution in [2.45, 2.75) is 26.7 Å². The van der Waals surface area contributed by atoms with Gasteiger partial charge in [0.05, 0.1) is 5.69 Å². The third-order valence-corrected chi connectivity index (χ3v) is 4.43. The maximum Gasteiger partial charge on any atom is 0.323 e. The van der Waals surface area contributed by atoms with Gasteiger partial charge in [-0.25, -0.2) is 9.18 Å². The van der Waals surface area contributed by atoms with Gasteiger partial charge >= 0.3 is 6.03 Å². The minimum absolute atomic E-state index is 0.397. The Labute approximate surface area is 165 Å². The van der Waals surface area contributed by atoms with E-state index >= 15 is 0 Å². The zero-order valence-electron chi connectivity index (χ0n) is 16.4. The van der Waals surface area contributed by atoms with Crippen LogP contribution >= 0.6 is 0 Å². The standard InChI is InChI=1S/C21H26FN5O/c1-15(2)7-10-20-14-27(25-26(20)3)19-11-8-17(9-12-19)23-21(28)24-18-6-4-5-16(22)13-18/h4-6,8-9,11-15,25H,7,10H2,1-3H3,(H2,23,24,28). The average Bonchev–Trinajstić information content (AvgIpc) is 3.01. The Morgan fingerprint density at radius 1 is 1.11 bits per heavy atom. The van der Waals surface area contributed by atoms with Crippen LogP contribution in [-0.2, 0) is 0 Å². The predicted molar refractivity (Wildman–Crippen MR) is 111 cm³/mol. The van der Waals surface area contributed by atoms with Crippen molar-refractivity contribution in [1.29, 1.82) is 0 Å². The first-order valence-corrected chi connectivity index (χ1v) is 9.34. The lowest BCUT2D eigenvalue weighted by Crippen LogP contribution is -2.38. The Bertz CT molecular complexity index is 850. The monoisotopic (exact) mass is 383 g/mol. The molecular formula is C21H26FN5O. The van der Waals surface area contributed by atoms with Crippen LogP contribution in [0.2, 0.25) is 0 Å². The van der Waals surface area contributed by atoms with E-state index < -0.39 is 11.8 Å². The van der Waals surface area contributed by atoms with Crippen molar-refractivity contribution in [3.8, 4) is 0 Å². The summed E-state index contributed by atoms with van der Waals surface area (Å²) in [5.41, 5.74) is 6.52. The van der Waals surface area contributed by atoms with Gasteiger partial charge in [0.1, 0.15) is 5.82 Å². The third-order valence-electron chi connectivity index (χ3n) is 4.43. The van der Waals surface area contributed by atoms with Crippen molar-refractivity contribution in [1.82, 2.24) is 10.5 Å². The number of urea groups is 1. The van der Waals surface area contributed by atoms with Crippen LogP contribution in [0.1, 0.15) is 26.7 Å². The fraction of sp³-hybridized carbons (Fsp3) is 0.286. The molecular weight excluding hydrogens is 357 g/mol. The Hall–Kier alpha value is -3.06. The van der Waals surface area contributed by atoms with Gasteiger partial charge < -0.3 is 10.6 Å². The van der Waals surface area contributed by atoms with Gasteiger partial charge in [-0.05, 0) is 61.2 Å². The van der Waals surface area contributed by atoms with E-state index in [-0.39, 0.29) is 0 Å². The average molecular weight is 383 g/mol. The zero-order valence-corrected chi connectivity index (χ0v) is 16.4. The van der Waals surface area contributed by atoms with Crippen molar-refractivity contribution in [3.05, 3.63) is 66.2 Å². The van der Waals surface area contributed by atoms with Crippen LogP contribution < -0.4 is 21.2 Å². The molecule has 0 atom stereocenters. The predicted octanol–water partition coefficient (Wildman–Crippen LogP) is 4.92. The lowest BCUT2D eigenvalue weighted by molar-refractivity contribution is 0.262. The van der Waals surface area contributed by atoms with Crippen LogP contribution in [-0.4, -0.2) is 18.1 Å². The number of rotatable bonds is 6. The van der Waals surface area contributed by atoms with E-state index in [2.05, 4.69) is 36.2 Å². The molecule has 7 heteroatoms. The molecule has 3 N–H and O–H groups in total. The van der Waals surface area contributed by atoms with Crippen molar-refractivity contribution < 1.29 is 9.18 Å². The van der Waals surface area contributed by atoms with Crippen LogP contribution in [0.3, 0.4) is 0 Å². The number of halogens is 1. The SMILES string of the molecule is CC(C)CCC1=CN(c2ccc(NC(=O)Nc3cccc(F)c3)cc2)NN1C. The van der Waals surface area contributed by atoms with Gasteiger partial charge in [0.25, 0.3) is 0 Å². The zero-order chi connectivity index (χ0) is 20.1. The van der Waals surface area contributed by atoms with Crippen molar-refractivity contribution in [2.24, 2.45) is 5.92 Å². The normalized spacial score (nSPS) is 13.7. The number of allylic oxidation sites excluding steroid dienone is 1. The highest BCUT2D eigenvalue weighted by Crippen LogP contribution is 2.24. The summed E-state index contributed by atoms with van der Waals surface area (Å²) in [6.07, 6.45) is 4.23. The number of hydrazine groups is 2. The second-order valence-corrected chi connectivity index (χ2v) is 7.22. The summed E-state index contributed by atoms with van der Waals surface area (Å²) in [5.74, 6) is 0.262. The molecule has 0 spiro atoms. The molecule has 2 amide bonds. The first kappa shape index (κ1) is 19.7. The Morgan fingerprint density at radius 2 is 1.82 bits per heavy atom. The first-order chi connectivity index (χ1) is 13.4. The third kappa shape index (κ3) is 5.23. The summed E-state index contributed by atoms with van der Waals surface area (Å²) < 4.78 is 13.2. The number of carbonyl (C=O) groups excluding carboxylic acids is 1. The van der Waals surface area contributed by atoms with E-state index in [0.29, 0.717) is 17.3 Å². The van der Waals surface area contributed by atoms with Gasteiger partial charge in [-0.15, -0.1) is 5.53 Å². The molecule has 0 aromatic heterocycles. The van der Waals surface area contributed by atoms with Gasteiger partial charge in [-0.2, -0.15) is 0 Å². The number of benzene rings is 2. The molecule has 28 heavy (non-hydrogen) atoms. The molecule has 1 aliphatic rings. The largest absolute Gasteiger partial charge is 0.323 e. The highest BCUT2D eigenvalue weighted by molar-refractivity contribution is 5.99. The minimum Gasteiger partial charge on any atom is -0.308 e. The maximum absolute atomic E-state index is 13.2. The fourth-order valence-corrected chi connectivity index (χ4v) is 2.86. The van der Waals surface area contributed by atoms with E-state index in [1.54, 1.807) is 12.1 Å². The summed E-state index contributed by atoms with van der Waals surface area (Å²) >= 11 is 0. The molecule has 0 radical (unpaired) electrons. The molecule has 0 fully saturated rings. The topological polar surface area (TPSA) is 59.6 Å². The molecule has 0 saturated heterocycles. The number of hydrogen-bond donors (Lipinski definition) is 3. The second-order valence-electron chi connectivity index (χ2n) is 7.22. The second kappa shape index (κ2) is 8.75. The molecule has 0 unspecified atom stereocenters. The molecule has 1 heterocycles. The summed E-state index contributed by atoms with van der Waals surface area (Å²) in [4.78, 5) is 12.1. The van der Waals surface area contributed by atoms with E-state index in [0.717, 1.165) is 18.5 Å². The molecule has 3 rings (SSSR count). The lowest BCUT2D eigenvalue weighted by Gasteiger charge is -2.21. The van der Waals surface area contributed by atoms with Crippen LogP contribution in [0.5, 0.6) is 0 Å². The molecule has 0 saturated carbocycles. The Balaban J connectivity index is 1.58. The minimum atomic E-state index is -0.423. The van der Waals surface area contributed by atoms with Crippen molar-refractivity contribution in [2.75, 3.05) is 22.7 Å². The Kier molecular flexibility index (Phi) is 6.16. The number of hydrogen-bond acceptors (Lipinski definition) is 4. The summed E-state index contributed by atoms with van der Waals surface area (Å²) in [6, 6.07) is 12.8. The molecule has 148 valence electrons. The first-order valence-electron chi connectivity index (χ1n) is 9.34. The summed E-state index contributed by atoms with van der Waals surface area (Å²) in [6.45, 7) is 4.44. The van der Waals surface area contributed by atoms with Crippen LogP contribution in [0.4, 0.5) is 26.2 Å². The summed E-state index contributed by atoms with van der Waals surface area (Å²) in [7, 11) is 2.00. The van der Waals surface area contributed by atoms with Gasteiger partial charge in [0.2, 0.25) is 0 Å². The van der Waals surface area contributed by atoms with Crippen LogP contribution in [0.25, 0.3) is 0 Å². The molecule has 0 aliphatic carbocycles. The summed E-state index contributed by atoms with van der Waals surface area (Å²) in [5, 5.41) is 9.31. The smallest absolute Gasteiger partial charge is 0.308 e. The number of carbonyl (C=O) groups is 1. The van der Waals surface area contributed by atoms with E-state index in [1.807, 2.05) is 41.3 Å². The number of amides is 2. The number of nitrogens with zero attached hydrogens (tertiary/aromatic N) is 2. The highest BCUT2D eigenvalue weighted by Gasteiger charge is 2.18. The molecule has 2 aromatic rings. The highest BCUT2D eigenvalue weighted by atomic mass is 19.1. The van der Waals surface area contributed by atoms with Gasteiger partial charge in [0, 0.05) is 30.3 Å². The quantitative estimate of drug-likeness (QED) is 0.663. The van der Waals surface area contributed by atoms with E-state index in [1.165, 1.54) is 17.8 Å². The molecule has 0 bridgehead atoms.